The molecule has 4 heterocycles. The molecule has 0 aliphatic rings. The number of rotatable bonds is 1. The number of nitrogens with zero attached hydrogens (tertiary/aromatic N) is 1. The Morgan fingerprint density at radius 2 is 1.21 bits per heavy atom. The highest BCUT2D eigenvalue weighted by molar-refractivity contribution is 6.19. The Balaban J connectivity index is 1.27. The van der Waals surface area contributed by atoms with Crippen molar-refractivity contribution in [3.05, 3.63) is 103 Å². The number of benzene rings is 6. The summed E-state index contributed by atoms with van der Waals surface area (Å²) >= 11 is 0. The number of para-hydroxylation sites is 1. The summed E-state index contributed by atoms with van der Waals surface area (Å²) in [6.07, 6.45) is 0. The summed E-state index contributed by atoms with van der Waals surface area (Å²) in [5.74, 6) is 0.740. The van der Waals surface area contributed by atoms with E-state index in [0.29, 0.717) is 0 Å². The molecule has 0 amide bonds. The van der Waals surface area contributed by atoms with E-state index in [2.05, 4.69) is 84.3 Å². The number of fused-ring (bicyclic) bond motifs is 12. The van der Waals surface area contributed by atoms with Gasteiger partial charge in [0, 0.05) is 33.0 Å². The van der Waals surface area contributed by atoms with Crippen molar-refractivity contribution in [2.24, 2.45) is 7.05 Å². The molecule has 0 atom stereocenters. The summed E-state index contributed by atoms with van der Waals surface area (Å²) in [4.78, 5) is 0. The van der Waals surface area contributed by atoms with Gasteiger partial charge >= 0.3 is 5.89 Å². The molecule has 0 aliphatic heterocycles. The van der Waals surface area contributed by atoms with E-state index in [-0.39, 0.29) is 0 Å². The fraction of sp³-hybridized carbons (Fsp3) is 0.0541. The highest BCUT2D eigenvalue weighted by Gasteiger charge is 2.30. The van der Waals surface area contributed by atoms with Crippen molar-refractivity contribution in [1.82, 2.24) is 0 Å². The van der Waals surface area contributed by atoms with Gasteiger partial charge in [-0.1, -0.05) is 54.6 Å². The van der Waals surface area contributed by atoms with Gasteiger partial charge in [0.2, 0.25) is 5.58 Å². The first-order chi connectivity index (χ1) is 20.6. The molecule has 4 aromatic heterocycles. The molecule has 10 aromatic rings. The Kier molecular flexibility index (Phi) is 4.01. The normalized spacial score (nSPS) is 12.5. The van der Waals surface area contributed by atoms with Crippen molar-refractivity contribution in [1.29, 1.82) is 0 Å². The van der Waals surface area contributed by atoms with Crippen LogP contribution in [-0.2, 0) is 7.05 Å². The maximum Gasteiger partial charge on any atom is 0.385 e. The van der Waals surface area contributed by atoms with Gasteiger partial charge in [0.15, 0.2) is 5.58 Å². The van der Waals surface area contributed by atoms with Crippen LogP contribution in [0.25, 0.3) is 99.1 Å². The molecule has 0 bridgehead atoms. The smallest absolute Gasteiger partial charge is 0.385 e. The van der Waals surface area contributed by atoms with Gasteiger partial charge in [-0.25, -0.2) is 0 Å². The van der Waals surface area contributed by atoms with Gasteiger partial charge in [-0.2, -0.15) is 4.57 Å². The second-order valence-corrected chi connectivity index (χ2v) is 11.2. The zero-order valence-corrected chi connectivity index (χ0v) is 22.8. The van der Waals surface area contributed by atoms with E-state index in [1.54, 1.807) is 0 Å². The first-order valence-electron chi connectivity index (χ1n) is 14.1. The van der Waals surface area contributed by atoms with Crippen LogP contribution in [-0.4, -0.2) is 0 Å². The van der Waals surface area contributed by atoms with E-state index >= 15 is 0 Å². The molecule has 6 aromatic carbocycles. The van der Waals surface area contributed by atoms with Crippen LogP contribution in [0.3, 0.4) is 0 Å². The zero-order chi connectivity index (χ0) is 27.7. The van der Waals surface area contributed by atoms with Crippen molar-refractivity contribution in [2.75, 3.05) is 0 Å². The zero-order valence-electron chi connectivity index (χ0n) is 22.8. The number of aryl methyl sites for hydroxylation is 2. The number of hydrogen-bond acceptors (Lipinski definition) is 4. The number of oxazole rings is 1. The molecular formula is C37H22NO4+. The third-order valence-corrected chi connectivity index (χ3v) is 8.86. The molecule has 0 radical (unpaired) electrons. The minimum absolute atomic E-state index is 0.740. The molecule has 0 spiro atoms. The van der Waals surface area contributed by atoms with Crippen molar-refractivity contribution >= 4 is 87.7 Å². The third kappa shape index (κ3) is 2.75. The second kappa shape index (κ2) is 7.59. The fourth-order valence-corrected chi connectivity index (χ4v) is 6.79. The molecule has 0 saturated heterocycles. The lowest BCUT2D eigenvalue weighted by molar-refractivity contribution is -0.637. The van der Waals surface area contributed by atoms with Crippen LogP contribution in [0.5, 0.6) is 0 Å². The molecule has 5 nitrogen and oxygen atoms in total. The lowest BCUT2D eigenvalue weighted by Gasteiger charge is -2.00. The Morgan fingerprint density at radius 1 is 0.500 bits per heavy atom. The summed E-state index contributed by atoms with van der Waals surface area (Å²) in [7, 11) is 2.05. The Morgan fingerprint density at radius 3 is 2.10 bits per heavy atom. The molecule has 0 N–H and O–H groups in total. The number of hydrogen-bond donors (Lipinski definition) is 0. The Hall–Kier alpha value is -5.55. The van der Waals surface area contributed by atoms with Crippen LogP contribution in [0.15, 0.2) is 115 Å². The molecular weight excluding hydrogens is 522 g/mol. The van der Waals surface area contributed by atoms with Crippen LogP contribution in [0.1, 0.15) is 5.56 Å². The van der Waals surface area contributed by atoms with Crippen LogP contribution in [0, 0.1) is 6.92 Å². The molecule has 0 aliphatic carbocycles. The van der Waals surface area contributed by atoms with Crippen molar-refractivity contribution in [3.63, 3.8) is 0 Å². The molecule has 0 fully saturated rings. The fourth-order valence-electron chi connectivity index (χ4n) is 6.79. The maximum atomic E-state index is 6.81. The van der Waals surface area contributed by atoms with Crippen LogP contribution in [0.2, 0.25) is 0 Å². The summed E-state index contributed by atoms with van der Waals surface area (Å²) in [5.41, 5.74) is 8.82. The topological polar surface area (TPSA) is 56.4 Å². The van der Waals surface area contributed by atoms with Gasteiger partial charge in [-0.05, 0) is 59.7 Å². The standard InChI is InChI=1S/C37H22NO4/c1-19-11-12-23-25-18-31-24(22-9-5-6-10-28(22)39-31)17-32(25)41-35(23)33(19)37-38(2)27-13-14-29-34(36(27)42-37)26-15-20-7-3-4-8-21(20)16-30(26)40-29/h3-18H,1-2H3/q+1. The van der Waals surface area contributed by atoms with E-state index < -0.39 is 0 Å². The Labute approximate surface area is 237 Å². The molecule has 198 valence electrons. The van der Waals surface area contributed by atoms with Gasteiger partial charge in [0.1, 0.15) is 40.5 Å². The predicted octanol–water partition coefficient (Wildman–Crippen LogP) is 10.1. The molecule has 5 heteroatoms. The number of aromatic nitrogens is 1. The first kappa shape index (κ1) is 22.2. The van der Waals surface area contributed by atoms with Crippen molar-refractivity contribution in [3.8, 4) is 11.5 Å². The summed E-state index contributed by atoms with van der Waals surface area (Å²) in [6, 6.07) is 33.3. The lowest BCUT2D eigenvalue weighted by atomic mass is 10.0. The second-order valence-electron chi connectivity index (χ2n) is 11.2. The van der Waals surface area contributed by atoms with Gasteiger partial charge in [0.05, 0.1) is 5.39 Å². The minimum Gasteiger partial charge on any atom is -0.456 e. The average molecular weight is 545 g/mol. The van der Waals surface area contributed by atoms with Gasteiger partial charge in [0.25, 0.3) is 5.52 Å². The van der Waals surface area contributed by atoms with E-state index in [9.17, 15) is 0 Å². The van der Waals surface area contributed by atoms with E-state index in [1.165, 1.54) is 5.39 Å². The summed E-state index contributed by atoms with van der Waals surface area (Å²) in [6.45, 7) is 2.10. The minimum atomic E-state index is 0.740. The molecule has 42 heavy (non-hydrogen) atoms. The number of furan rings is 3. The van der Waals surface area contributed by atoms with E-state index in [1.807, 2.05) is 31.3 Å². The summed E-state index contributed by atoms with van der Waals surface area (Å²) < 4.78 is 28.1. The lowest BCUT2D eigenvalue weighted by Crippen LogP contribution is -2.28. The van der Waals surface area contributed by atoms with E-state index in [0.717, 1.165) is 99.3 Å². The summed E-state index contributed by atoms with van der Waals surface area (Å²) in [5, 5.41) is 8.52. The monoisotopic (exact) mass is 544 g/mol. The molecule has 0 unspecified atom stereocenters. The van der Waals surface area contributed by atoms with Gasteiger partial charge in [-0.3, -0.25) is 0 Å². The largest absolute Gasteiger partial charge is 0.456 e. The van der Waals surface area contributed by atoms with Crippen molar-refractivity contribution < 1.29 is 22.2 Å². The molecule has 0 saturated carbocycles. The Bertz CT molecular complexity index is 2770. The van der Waals surface area contributed by atoms with Crippen LogP contribution in [0.4, 0.5) is 0 Å². The van der Waals surface area contributed by atoms with Crippen LogP contribution >= 0.6 is 0 Å². The van der Waals surface area contributed by atoms with Gasteiger partial charge < -0.3 is 17.7 Å². The first-order valence-corrected chi connectivity index (χ1v) is 14.1. The highest BCUT2D eigenvalue weighted by Crippen LogP contribution is 2.43. The van der Waals surface area contributed by atoms with Gasteiger partial charge in [-0.15, -0.1) is 0 Å². The van der Waals surface area contributed by atoms with Crippen molar-refractivity contribution in [2.45, 2.75) is 6.92 Å². The van der Waals surface area contributed by atoms with E-state index in [4.69, 9.17) is 17.7 Å². The quantitative estimate of drug-likeness (QED) is 0.193. The predicted molar refractivity (Wildman–Crippen MR) is 167 cm³/mol. The average Bonchev–Trinajstić information content (AvgIpc) is 3.74. The SMILES string of the molecule is Cc1ccc2c(oc3cc4c(cc32)oc2ccccc24)c1-c1oc2c3c(ccc2[n+]1C)oc1cc2ccccc2cc13. The molecule has 10 rings (SSSR count). The highest BCUT2D eigenvalue weighted by atomic mass is 16.4. The maximum absolute atomic E-state index is 6.81. The third-order valence-electron chi connectivity index (χ3n) is 8.86. The van der Waals surface area contributed by atoms with Crippen LogP contribution < -0.4 is 4.57 Å².